The molecule has 1 heteroatoms. The lowest BCUT2D eigenvalue weighted by molar-refractivity contribution is 0.778. The number of hydrogen-bond acceptors (Lipinski definition) is 0. The molecule has 0 aliphatic carbocycles. The second kappa shape index (κ2) is 5.37. The van der Waals surface area contributed by atoms with Gasteiger partial charge in [-0.15, -0.1) is 11.6 Å². The molecule has 0 aliphatic rings. The van der Waals surface area contributed by atoms with Gasteiger partial charge in [-0.25, -0.2) is 0 Å². The Morgan fingerprint density at radius 2 is 1.80 bits per heavy atom. The third-order valence-electron chi connectivity index (χ3n) is 2.77. The van der Waals surface area contributed by atoms with Crippen LogP contribution in [0, 0.1) is 19.8 Å². The third-order valence-corrected chi connectivity index (χ3v) is 3.08. The first-order valence-corrected chi connectivity index (χ1v) is 5.92. The molecule has 0 spiro atoms. The highest BCUT2D eigenvalue weighted by Gasteiger charge is 2.04. The molecule has 0 amide bonds. The highest BCUT2D eigenvalue weighted by molar-refractivity contribution is 6.19. The van der Waals surface area contributed by atoms with Crippen LogP contribution in [-0.2, 0) is 0 Å². The average Bonchev–Trinajstić information content (AvgIpc) is 2.17. The fraction of sp³-hybridized carbons (Fsp3) is 0.429. The molecule has 15 heavy (non-hydrogen) atoms. The van der Waals surface area contributed by atoms with Gasteiger partial charge in [-0.3, -0.25) is 0 Å². The molecule has 1 rings (SSSR count). The topological polar surface area (TPSA) is 0 Å². The highest BCUT2D eigenvalue weighted by Crippen LogP contribution is 2.21. The molecular formula is C14H19Cl. The van der Waals surface area contributed by atoms with Gasteiger partial charge in [0.2, 0.25) is 0 Å². The minimum Gasteiger partial charge on any atom is -0.122 e. The van der Waals surface area contributed by atoms with Gasteiger partial charge in [-0.05, 0) is 36.5 Å². The Bertz CT molecular complexity index is 341. The van der Waals surface area contributed by atoms with Crippen molar-refractivity contribution in [1.29, 1.82) is 0 Å². The maximum atomic E-state index is 5.95. The van der Waals surface area contributed by atoms with E-state index >= 15 is 0 Å². The summed E-state index contributed by atoms with van der Waals surface area (Å²) in [5, 5.41) is 0. The van der Waals surface area contributed by atoms with E-state index in [2.05, 4.69) is 52.0 Å². The smallest absolute Gasteiger partial charge is 0.0439 e. The lowest BCUT2D eigenvalue weighted by Crippen LogP contribution is -1.97. The molecule has 0 N–H and O–H groups in total. The van der Waals surface area contributed by atoms with Crippen LogP contribution in [0.25, 0.3) is 6.08 Å². The number of allylic oxidation sites excluding steroid dienone is 1. The first-order valence-electron chi connectivity index (χ1n) is 5.39. The molecular weight excluding hydrogens is 204 g/mol. The van der Waals surface area contributed by atoms with E-state index < -0.39 is 0 Å². The molecule has 0 saturated carbocycles. The summed E-state index contributed by atoms with van der Waals surface area (Å²) in [6, 6.07) is 6.38. The van der Waals surface area contributed by atoms with Crippen molar-refractivity contribution in [3.05, 3.63) is 40.5 Å². The summed E-state index contributed by atoms with van der Waals surface area (Å²) in [4.78, 5) is 0. The van der Waals surface area contributed by atoms with Crippen LogP contribution in [0.1, 0.15) is 30.5 Å². The van der Waals surface area contributed by atoms with Crippen molar-refractivity contribution < 1.29 is 0 Å². The first-order chi connectivity index (χ1) is 7.06. The lowest BCUT2D eigenvalue weighted by atomic mass is 9.97. The molecule has 0 aromatic heterocycles. The van der Waals surface area contributed by atoms with Crippen LogP contribution < -0.4 is 0 Å². The summed E-state index contributed by atoms with van der Waals surface area (Å²) < 4.78 is 0. The van der Waals surface area contributed by atoms with Crippen molar-refractivity contribution in [2.45, 2.75) is 27.7 Å². The number of hydrogen-bond donors (Lipinski definition) is 0. The van der Waals surface area contributed by atoms with Crippen LogP contribution in [0.2, 0.25) is 0 Å². The molecule has 0 bridgehead atoms. The van der Waals surface area contributed by atoms with E-state index in [0.29, 0.717) is 11.8 Å². The summed E-state index contributed by atoms with van der Waals surface area (Å²) in [6.45, 7) is 8.65. The molecule has 0 fully saturated rings. The summed E-state index contributed by atoms with van der Waals surface area (Å²) >= 11 is 5.95. The Labute approximate surface area is 98.0 Å². The van der Waals surface area contributed by atoms with E-state index in [1.54, 1.807) is 0 Å². The summed E-state index contributed by atoms with van der Waals surface area (Å²) in [5.74, 6) is 1.13. The third kappa shape index (κ3) is 3.10. The van der Waals surface area contributed by atoms with Crippen LogP contribution in [0.15, 0.2) is 23.8 Å². The second-order valence-electron chi connectivity index (χ2n) is 4.31. The quantitative estimate of drug-likeness (QED) is 0.657. The second-order valence-corrected chi connectivity index (χ2v) is 4.58. The molecule has 1 aromatic rings. The predicted octanol–water partition coefficient (Wildman–Crippen LogP) is 4.58. The zero-order valence-electron chi connectivity index (χ0n) is 9.97. The molecule has 0 radical (unpaired) electrons. The van der Waals surface area contributed by atoms with Gasteiger partial charge in [0, 0.05) is 5.88 Å². The van der Waals surface area contributed by atoms with Crippen molar-refractivity contribution in [3.8, 4) is 0 Å². The van der Waals surface area contributed by atoms with Crippen LogP contribution in [0.5, 0.6) is 0 Å². The molecule has 0 nitrogen and oxygen atoms in total. The van der Waals surface area contributed by atoms with Gasteiger partial charge in [-0.2, -0.15) is 0 Å². The van der Waals surface area contributed by atoms with Crippen molar-refractivity contribution >= 4 is 17.7 Å². The average molecular weight is 223 g/mol. The van der Waals surface area contributed by atoms with E-state index in [1.165, 1.54) is 22.3 Å². The number of halogens is 1. The monoisotopic (exact) mass is 222 g/mol. The standard InChI is InChI=1S/C14H19Cl/c1-10(2)13(9-15)8-14-11(3)6-5-7-12(14)4/h5-8,10H,9H2,1-4H3/b13-8+. The maximum Gasteiger partial charge on any atom is 0.0439 e. The van der Waals surface area contributed by atoms with Gasteiger partial charge in [0.1, 0.15) is 0 Å². The zero-order chi connectivity index (χ0) is 11.4. The molecule has 1 aromatic carbocycles. The highest BCUT2D eigenvalue weighted by atomic mass is 35.5. The van der Waals surface area contributed by atoms with Crippen molar-refractivity contribution in [1.82, 2.24) is 0 Å². The largest absolute Gasteiger partial charge is 0.122 e. The summed E-state index contributed by atoms with van der Waals surface area (Å²) in [7, 11) is 0. The molecule has 0 atom stereocenters. The van der Waals surface area contributed by atoms with Gasteiger partial charge in [0.15, 0.2) is 0 Å². The van der Waals surface area contributed by atoms with E-state index in [9.17, 15) is 0 Å². The zero-order valence-corrected chi connectivity index (χ0v) is 10.7. The van der Waals surface area contributed by atoms with Crippen LogP contribution in [0.4, 0.5) is 0 Å². The fourth-order valence-electron chi connectivity index (χ4n) is 1.60. The number of aryl methyl sites for hydroxylation is 2. The number of alkyl halides is 1. The van der Waals surface area contributed by atoms with Crippen molar-refractivity contribution in [2.24, 2.45) is 5.92 Å². The molecule has 82 valence electrons. The molecule has 0 aliphatic heterocycles. The Hall–Kier alpha value is -0.750. The SMILES string of the molecule is Cc1cccc(C)c1/C=C(\CCl)C(C)C. The molecule has 0 saturated heterocycles. The van der Waals surface area contributed by atoms with Gasteiger partial charge in [0.05, 0.1) is 0 Å². The Morgan fingerprint density at radius 3 is 2.20 bits per heavy atom. The minimum atomic E-state index is 0.515. The lowest BCUT2D eigenvalue weighted by Gasteiger charge is -2.11. The van der Waals surface area contributed by atoms with Gasteiger partial charge in [0.25, 0.3) is 0 Å². The van der Waals surface area contributed by atoms with E-state index in [1.807, 2.05) is 0 Å². The Morgan fingerprint density at radius 1 is 1.27 bits per heavy atom. The van der Waals surface area contributed by atoms with Crippen molar-refractivity contribution in [3.63, 3.8) is 0 Å². The Balaban J connectivity index is 3.16. The Kier molecular flexibility index (Phi) is 4.41. The summed E-state index contributed by atoms with van der Waals surface area (Å²) in [5.41, 5.74) is 5.26. The van der Waals surface area contributed by atoms with Gasteiger partial charge >= 0.3 is 0 Å². The number of benzene rings is 1. The van der Waals surface area contributed by atoms with E-state index in [-0.39, 0.29) is 0 Å². The summed E-state index contributed by atoms with van der Waals surface area (Å²) in [6.07, 6.45) is 2.24. The van der Waals surface area contributed by atoms with Gasteiger partial charge in [-0.1, -0.05) is 43.7 Å². The van der Waals surface area contributed by atoms with E-state index in [4.69, 9.17) is 11.6 Å². The molecule has 0 unspecified atom stereocenters. The normalized spacial score (nSPS) is 12.3. The minimum absolute atomic E-state index is 0.515. The van der Waals surface area contributed by atoms with Crippen LogP contribution >= 0.6 is 11.6 Å². The maximum absolute atomic E-state index is 5.95. The van der Waals surface area contributed by atoms with Crippen LogP contribution in [-0.4, -0.2) is 5.88 Å². The molecule has 0 heterocycles. The van der Waals surface area contributed by atoms with Crippen molar-refractivity contribution in [2.75, 3.05) is 5.88 Å². The number of rotatable bonds is 3. The predicted molar refractivity (Wildman–Crippen MR) is 69.5 cm³/mol. The van der Waals surface area contributed by atoms with Crippen LogP contribution in [0.3, 0.4) is 0 Å². The van der Waals surface area contributed by atoms with E-state index in [0.717, 1.165) is 0 Å². The fourth-order valence-corrected chi connectivity index (χ4v) is 1.99. The first kappa shape index (κ1) is 12.3. The van der Waals surface area contributed by atoms with Gasteiger partial charge < -0.3 is 0 Å².